The lowest BCUT2D eigenvalue weighted by Crippen LogP contribution is -2.20. The monoisotopic (exact) mass is 382 g/mol. The van der Waals surface area contributed by atoms with Crippen LogP contribution in [0.5, 0.6) is 5.75 Å². The van der Waals surface area contributed by atoms with Crippen LogP contribution in [0.3, 0.4) is 0 Å². The maximum atomic E-state index is 12.2. The van der Waals surface area contributed by atoms with E-state index in [9.17, 15) is 9.59 Å². The van der Waals surface area contributed by atoms with Gasteiger partial charge in [0.05, 0.1) is 9.85 Å². The zero-order valence-corrected chi connectivity index (χ0v) is 13.9. The molecule has 20 heavy (non-hydrogen) atoms. The molecule has 0 aliphatic rings. The van der Waals surface area contributed by atoms with E-state index >= 15 is 0 Å². The molecule has 0 aromatic heterocycles. The van der Waals surface area contributed by atoms with Crippen molar-refractivity contribution in [1.29, 1.82) is 0 Å². The van der Waals surface area contributed by atoms with Gasteiger partial charge in [-0.15, -0.1) is 0 Å². The smallest absolute Gasteiger partial charge is 0.341 e. The van der Waals surface area contributed by atoms with E-state index in [4.69, 9.17) is 33.0 Å². The SMILES string of the molecule is CC(C)C(Br)C(=O)c1ccc(OCC(=O)O)c(Cl)c1Cl. The molecule has 0 aliphatic heterocycles. The van der Waals surface area contributed by atoms with Crippen molar-refractivity contribution in [3.05, 3.63) is 27.7 Å². The van der Waals surface area contributed by atoms with E-state index in [1.165, 1.54) is 12.1 Å². The van der Waals surface area contributed by atoms with E-state index in [2.05, 4.69) is 15.9 Å². The average Bonchev–Trinajstić information content (AvgIpc) is 2.38. The highest BCUT2D eigenvalue weighted by Crippen LogP contribution is 2.36. The summed E-state index contributed by atoms with van der Waals surface area (Å²) >= 11 is 15.4. The van der Waals surface area contributed by atoms with E-state index in [-0.39, 0.29) is 37.9 Å². The zero-order valence-electron chi connectivity index (χ0n) is 10.8. The number of benzene rings is 1. The molecule has 1 aromatic carbocycles. The number of carbonyl (C=O) groups is 2. The first-order valence-electron chi connectivity index (χ1n) is 5.76. The van der Waals surface area contributed by atoms with Gasteiger partial charge in [0, 0.05) is 5.56 Å². The fourth-order valence-electron chi connectivity index (χ4n) is 1.42. The lowest BCUT2D eigenvalue weighted by molar-refractivity contribution is -0.139. The largest absolute Gasteiger partial charge is 0.480 e. The normalized spacial score (nSPS) is 12.3. The van der Waals surface area contributed by atoms with E-state index < -0.39 is 12.6 Å². The Morgan fingerprint density at radius 1 is 1.30 bits per heavy atom. The second kappa shape index (κ2) is 7.29. The molecular formula is C13H13BrCl2O4. The van der Waals surface area contributed by atoms with Gasteiger partial charge in [-0.25, -0.2) is 4.79 Å². The van der Waals surface area contributed by atoms with Crippen LogP contribution in [-0.2, 0) is 4.79 Å². The van der Waals surface area contributed by atoms with Crippen LogP contribution < -0.4 is 4.74 Å². The lowest BCUT2D eigenvalue weighted by atomic mass is 10.0. The molecule has 1 rings (SSSR count). The Hall–Kier alpha value is -0.780. The summed E-state index contributed by atoms with van der Waals surface area (Å²) in [6.07, 6.45) is 0. The van der Waals surface area contributed by atoms with Crippen molar-refractivity contribution in [1.82, 2.24) is 0 Å². The maximum Gasteiger partial charge on any atom is 0.341 e. The van der Waals surface area contributed by atoms with Gasteiger partial charge in [-0.3, -0.25) is 4.79 Å². The molecule has 0 saturated carbocycles. The molecule has 0 spiro atoms. The second-order valence-electron chi connectivity index (χ2n) is 4.43. The third-order valence-electron chi connectivity index (χ3n) is 2.50. The topological polar surface area (TPSA) is 63.6 Å². The maximum absolute atomic E-state index is 12.2. The van der Waals surface area contributed by atoms with E-state index in [0.717, 1.165) is 0 Å². The highest BCUT2D eigenvalue weighted by molar-refractivity contribution is 9.10. The van der Waals surface area contributed by atoms with E-state index in [1.807, 2.05) is 13.8 Å². The van der Waals surface area contributed by atoms with Gasteiger partial charge in [-0.1, -0.05) is 53.0 Å². The van der Waals surface area contributed by atoms with Crippen molar-refractivity contribution in [2.75, 3.05) is 6.61 Å². The van der Waals surface area contributed by atoms with Crippen molar-refractivity contribution in [3.63, 3.8) is 0 Å². The molecule has 1 N–H and O–H groups in total. The summed E-state index contributed by atoms with van der Waals surface area (Å²) in [5, 5.41) is 8.64. The molecule has 0 aliphatic carbocycles. The Kier molecular flexibility index (Phi) is 6.30. The first-order chi connectivity index (χ1) is 9.25. The molecule has 0 saturated heterocycles. The number of aliphatic carboxylic acids is 1. The summed E-state index contributed by atoms with van der Waals surface area (Å²) in [4.78, 5) is 22.3. The van der Waals surface area contributed by atoms with E-state index in [0.29, 0.717) is 0 Å². The van der Waals surface area contributed by atoms with Gasteiger partial charge in [-0.05, 0) is 18.1 Å². The van der Waals surface area contributed by atoms with Crippen LogP contribution in [0.15, 0.2) is 12.1 Å². The summed E-state index contributed by atoms with van der Waals surface area (Å²) in [6, 6.07) is 2.91. The Labute approximate surface area is 135 Å². The van der Waals surface area contributed by atoms with Crippen molar-refractivity contribution in [3.8, 4) is 5.75 Å². The second-order valence-corrected chi connectivity index (χ2v) is 6.17. The quantitative estimate of drug-likeness (QED) is 0.594. The van der Waals surface area contributed by atoms with Gasteiger partial charge in [0.15, 0.2) is 12.4 Å². The molecule has 1 atom stereocenters. The fourth-order valence-corrected chi connectivity index (χ4v) is 2.14. The predicted octanol–water partition coefficient (Wildman–Crippen LogP) is 4.06. The highest BCUT2D eigenvalue weighted by atomic mass is 79.9. The molecule has 0 bridgehead atoms. The number of ether oxygens (including phenoxy) is 1. The fraction of sp³-hybridized carbons (Fsp3) is 0.385. The number of ketones is 1. The molecule has 1 unspecified atom stereocenters. The van der Waals surface area contributed by atoms with Crippen LogP contribution in [0.1, 0.15) is 24.2 Å². The molecule has 7 heteroatoms. The number of hydrogen-bond acceptors (Lipinski definition) is 3. The molecular weight excluding hydrogens is 371 g/mol. The standard InChI is InChI=1S/C13H13BrCl2O4/c1-6(2)10(14)13(19)7-3-4-8(12(16)11(7)15)20-5-9(17)18/h3-4,6,10H,5H2,1-2H3,(H,17,18). The summed E-state index contributed by atoms with van der Waals surface area (Å²) in [5.74, 6) is -1.08. The summed E-state index contributed by atoms with van der Waals surface area (Å²) in [7, 11) is 0. The van der Waals surface area contributed by atoms with Gasteiger partial charge in [-0.2, -0.15) is 0 Å². The molecule has 1 aromatic rings. The van der Waals surface area contributed by atoms with Gasteiger partial charge in [0.1, 0.15) is 10.8 Å². The summed E-state index contributed by atoms with van der Waals surface area (Å²) in [6.45, 7) is 3.27. The number of rotatable bonds is 6. The van der Waals surface area contributed by atoms with Gasteiger partial charge in [0.2, 0.25) is 0 Å². The molecule has 0 radical (unpaired) electrons. The third-order valence-corrected chi connectivity index (χ3v) is 4.84. The third kappa shape index (κ3) is 4.11. The molecule has 0 heterocycles. The minimum atomic E-state index is -1.13. The zero-order chi connectivity index (χ0) is 15.4. The summed E-state index contributed by atoms with van der Waals surface area (Å²) < 4.78 is 4.98. The Morgan fingerprint density at radius 2 is 1.90 bits per heavy atom. The first kappa shape index (κ1) is 17.3. The van der Waals surface area contributed by atoms with Crippen LogP contribution in [0.4, 0.5) is 0 Å². The van der Waals surface area contributed by atoms with Crippen LogP contribution >= 0.6 is 39.1 Å². The molecule has 4 nitrogen and oxygen atoms in total. The predicted molar refractivity (Wildman–Crippen MR) is 81.5 cm³/mol. The lowest BCUT2D eigenvalue weighted by Gasteiger charge is -2.15. The van der Waals surface area contributed by atoms with Crippen LogP contribution in [0, 0.1) is 5.92 Å². The minimum Gasteiger partial charge on any atom is -0.480 e. The number of halogens is 3. The van der Waals surface area contributed by atoms with Crippen LogP contribution in [-0.4, -0.2) is 28.3 Å². The average molecular weight is 384 g/mol. The molecule has 0 amide bonds. The minimum absolute atomic E-state index is 0.0298. The molecule has 110 valence electrons. The van der Waals surface area contributed by atoms with Crippen molar-refractivity contribution < 1.29 is 19.4 Å². The van der Waals surface area contributed by atoms with Crippen LogP contribution in [0.2, 0.25) is 10.0 Å². The number of alkyl halides is 1. The van der Waals surface area contributed by atoms with Gasteiger partial charge >= 0.3 is 5.97 Å². The number of hydrogen-bond donors (Lipinski definition) is 1. The Morgan fingerprint density at radius 3 is 2.40 bits per heavy atom. The van der Waals surface area contributed by atoms with Crippen molar-refractivity contribution in [2.24, 2.45) is 5.92 Å². The Balaban J connectivity index is 3.05. The number of carboxylic acids is 1. The highest BCUT2D eigenvalue weighted by Gasteiger charge is 2.24. The van der Waals surface area contributed by atoms with Gasteiger partial charge in [0.25, 0.3) is 0 Å². The number of carbonyl (C=O) groups excluding carboxylic acids is 1. The number of carboxylic acid groups (broad SMARTS) is 1. The number of Topliss-reactive ketones (excluding diaryl/α,β-unsaturated/α-hetero) is 1. The van der Waals surface area contributed by atoms with Crippen molar-refractivity contribution in [2.45, 2.75) is 18.7 Å². The summed E-state index contributed by atoms with van der Waals surface area (Å²) in [5.41, 5.74) is 0.273. The molecule has 0 fully saturated rings. The Bertz CT molecular complexity index is 531. The van der Waals surface area contributed by atoms with E-state index in [1.54, 1.807) is 0 Å². The van der Waals surface area contributed by atoms with Crippen LogP contribution in [0.25, 0.3) is 0 Å². The van der Waals surface area contributed by atoms with Crippen molar-refractivity contribution >= 4 is 50.9 Å². The van der Waals surface area contributed by atoms with Gasteiger partial charge < -0.3 is 9.84 Å². The first-order valence-corrected chi connectivity index (χ1v) is 7.43.